The molecule has 31 heavy (non-hydrogen) atoms. The van der Waals surface area contributed by atoms with Crippen molar-refractivity contribution in [3.63, 3.8) is 0 Å². The van der Waals surface area contributed by atoms with Gasteiger partial charge in [-0.2, -0.15) is 0 Å². The van der Waals surface area contributed by atoms with E-state index in [1.165, 1.54) is 6.07 Å². The van der Waals surface area contributed by atoms with Gasteiger partial charge >= 0.3 is 0 Å². The van der Waals surface area contributed by atoms with Crippen molar-refractivity contribution in [3.8, 4) is 0 Å². The second-order valence-electron chi connectivity index (χ2n) is 8.25. The van der Waals surface area contributed by atoms with Crippen LogP contribution in [-0.2, 0) is 11.2 Å². The molecule has 0 aliphatic carbocycles. The molecule has 160 valence electrons. The summed E-state index contributed by atoms with van der Waals surface area (Å²) in [7, 11) is 0. The highest BCUT2D eigenvalue weighted by Crippen LogP contribution is 2.34. The molecule has 2 aliphatic heterocycles. The minimum atomic E-state index is -0.396. The number of allylic oxidation sites excluding steroid dienone is 1. The Hall–Kier alpha value is -3.12. The smallest absolute Gasteiger partial charge is 0.248 e. The van der Waals surface area contributed by atoms with E-state index in [0.29, 0.717) is 23.1 Å². The number of furan rings is 1. The summed E-state index contributed by atoms with van der Waals surface area (Å²) in [6.07, 6.45) is 8.50. The van der Waals surface area contributed by atoms with Gasteiger partial charge in [-0.15, -0.1) is 0 Å². The summed E-state index contributed by atoms with van der Waals surface area (Å²) in [4.78, 5) is 13.8. The lowest BCUT2D eigenvalue weighted by Gasteiger charge is -2.31. The van der Waals surface area contributed by atoms with Crippen LogP contribution < -0.4 is 5.73 Å². The molecule has 5 rings (SSSR count). The summed E-state index contributed by atoms with van der Waals surface area (Å²) in [6.45, 7) is 2.45. The Kier molecular flexibility index (Phi) is 5.24. The van der Waals surface area contributed by atoms with Crippen LogP contribution in [0.5, 0.6) is 0 Å². The van der Waals surface area contributed by atoms with Crippen molar-refractivity contribution >= 4 is 16.9 Å². The van der Waals surface area contributed by atoms with E-state index in [0.717, 1.165) is 49.0 Å². The summed E-state index contributed by atoms with van der Waals surface area (Å²) in [5, 5.41) is 0.543. The molecule has 2 aliphatic rings. The molecule has 0 radical (unpaired) electrons. The van der Waals surface area contributed by atoms with E-state index in [1.54, 1.807) is 18.4 Å². The molecule has 2 atom stereocenters. The molecule has 0 saturated carbocycles. The number of rotatable bonds is 5. The number of fused-ring (bicyclic) bond motifs is 2. The van der Waals surface area contributed by atoms with Crippen molar-refractivity contribution in [2.45, 2.75) is 31.3 Å². The Bertz CT molecular complexity index is 1150. The van der Waals surface area contributed by atoms with E-state index in [-0.39, 0.29) is 17.8 Å². The van der Waals surface area contributed by atoms with Crippen molar-refractivity contribution in [2.24, 2.45) is 5.73 Å². The fraction of sp³-hybridized carbons (Fsp3) is 0.320. The van der Waals surface area contributed by atoms with Gasteiger partial charge in [-0.1, -0.05) is 18.2 Å². The van der Waals surface area contributed by atoms with Gasteiger partial charge in [0.2, 0.25) is 5.91 Å². The summed E-state index contributed by atoms with van der Waals surface area (Å²) < 4.78 is 25.5. The van der Waals surface area contributed by atoms with Gasteiger partial charge in [0.25, 0.3) is 0 Å². The molecule has 0 bridgehead atoms. The highest BCUT2D eigenvalue weighted by Gasteiger charge is 2.24. The van der Waals surface area contributed by atoms with Crippen molar-refractivity contribution < 1.29 is 18.3 Å². The van der Waals surface area contributed by atoms with Gasteiger partial charge in [0, 0.05) is 30.1 Å². The topological polar surface area (TPSA) is 68.7 Å². The van der Waals surface area contributed by atoms with Gasteiger partial charge in [0.1, 0.15) is 11.4 Å². The third kappa shape index (κ3) is 3.83. The number of carbonyl (C=O) groups excluding carboxylic acids is 1. The van der Waals surface area contributed by atoms with Gasteiger partial charge in [-0.05, 0) is 60.9 Å². The lowest BCUT2D eigenvalue weighted by atomic mass is 9.91. The summed E-state index contributed by atoms with van der Waals surface area (Å²) in [6, 6.07) is 10.7. The average Bonchev–Trinajstić information content (AvgIpc) is 3.29. The van der Waals surface area contributed by atoms with Crippen molar-refractivity contribution in [1.82, 2.24) is 4.90 Å². The van der Waals surface area contributed by atoms with Crippen LogP contribution in [-0.4, -0.2) is 30.5 Å². The van der Waals surface area contributed by atoms with E-state index < -0.39 is 5.91 Å². The van der Waals surface area contributed by atoms with Crippen molar-refractivity contribution in [1.29, 1.82) is 0 Å². The molecule has 0 saturated heterocycles. The molecule has 6 heteroatoms. The largest absolute Gasteiger partial charge is 0.464 e. The van der Waals surface area contributed by atoms with Gasteiger partial charge in [-0.3, -0.25) is 4.79 Å². The molecule has 2 N–H and O–H groups in total. The first-order valence-corrected chi connectivity index (χ1v) is 10.7. The first-order chi connectivity index (χ1) is 15.1. The fourth-order valence-corrected chi connectivity index (χ4v) is 4.70. The van der Waals surface area contributed by atoms with Crippen LogP contribution >= 0.6 is 0 Å². The molecule has 0 fully saturated rings. The van der Waals surface area contributed by atoms with Crippen LogP contribution in [0.2, 0.25) is 0 Å². The number of hydrogen-bond donors (Lipinski definition) is 1. The molecule has 1 amide bonds. The summed E-state index contributed by atoms with van der Waals surface area (Å²) in [5.74, 6) is -0.430. The van der Waals surface area contributed by atoms with E-state index >= 15 is 0 Å². The van der Waals surface area contributed by atoms with E-state index in [4.69, 9.17) is 14.9 Å². The second kappa shape index (κ2) is 8.19. The highest BCUT2D eigenvalue weighted by atomic mass is 19.1. The Morgan fingerprint density at radius 3 is 2.87 bits per heavy atom. The zero-order valence-electron chi connectivity index (χ0n) is 17.2. The van der Waals surface area contributed by atoms with Gasteiger partial charge in [0.05, 0.1) is 24.4 Å². The molecule has 2 aromatic carbocycles. The van der Waals surface area contributed by atoms with E-state index in [1.807, 2.05) is 18.2 Å². The monoisotopic (exact) mass is 420 g/mol. The minimum Gasteiger partial charge on any atom is -0.464 e. The molecule has 1 aromatic heterocycles. The fourth-order valence-electron chi connectivity index (χ4n) is 4.70. The lowest BCUT2D eigenvalue weighted by Crippen LogP contribution is -2.28. The maximum absolute atomic E-state index is 14.0. The van der Waals surface area contributed by atoms with Gasteiger partial charge in [0.15, 0.2) is 0 Å². The number of nitrogens with zero attached hydrogens (tertiary/aromatic N) is 1. The van der Waals surface area contributed by atoms with Crippen molar-refractivity contribution in [2.75, 3.05) is 19.7 Å². The Labute approximate surface area is 180 Å². The number of primary amides is 1. The molecule has 0 spiro atoms. The Morgan fingerprint density at radius 2 is 2.06 bits per heavy atom. The molecule has 3 aromatic rings. The zero-order valence-corrected chi connectivity index (χ0v) is 17.2. The number of benzene rings is 2. The standard InChI is InChI=1S/C25H25FN2O3/c26-22-4-3-20(24-21(22)9-14-31-24)16-5-10-28(11-6-16)12-7-23-19-2-1-18(25(27)29)15-17(19)8-13-30-23/h1-5,9-10,14-16,23H,6-8,11-13H2,(H2,27,29). The third-order valence-electron chi connectivity index (χ3n) is 6.39. The SMILES string of the molecule is NC(=O)c1ccc2c(c1)CCOC2CCN1C=CC(c2ccc(F)c3ccoc23)CC1. The van der Waals surface area contributed by atoms with Gasteiger partial charge in [-0.25, -0.2) is 4.39 Å². The van der Waals surface area contributed by atoms with E-state index in [2.05, 4.69) is 17.2 Å². The maximum Gasteiger partial charge on any atom is 0.248 e. The van der Waals surface area contributed by atoms with Crippen LogP contribution in [0.3, 0.4) is 0 Å². The van der Waals surface area contributed by atoms with Gasteiger partial charge < -0.3 is 19.8 Å². The first kappa shape index (κ1) is 19.8. The predicted octanol–water partition coefficient (Wildman–Crippen LogP) is 4.68. The first-order valence-electron chi connectivity index (χ1n) is 10.7. The minimum absolute atomic E-state index is 0.0247. The average molecular weight is 420 g/mol. The summed E-state index contributed by atoms with van der Waals surface area (Å²) in [5.41, 5.74) is 9.95. The van der Waals surface area contributed by atoms with Crippen molar-refractivity contribution in [3.05, 3.63) is 83.0 Å². The van der Waals surface area contributed by atoms with Crippen LogP contribution in [0.4, 0.5) is 4.39 Å². The molecule has 5 nitrogen and oxygen atoms in total. The number of hydrogen-bond acceptors (Lipinski definition) is 4. The van der Waals surface area contributed by atoms with Crippen LogP contribution in [0.1, 0.15) is 51.9 Å². The van der Waals surface area contributed by atoms with Crippen LogP contribution in [0, 0.1) is 5.82 Å². The molecule has 3 heterocycles. The number of nitrogens with two attached hydrogens (primary N) is 1. The molecular weight excluding hydrogens is 395 g/mol. The van der Waals surface area contributed by atoms with Crippen LogP contribution in [0.25, 0.3) is 11.0 Å². The number of amides is 1. The lowest BCUT2D eigenvalue weighted by molar-refractivity contribution is 0.0316. The van der Waals surface area contributed by atoms with Crippen LogP contribution in [0.15, 0.2) is 59.4 Å². The van der Waals surface area contributed by atoms with E-state index in [9.17, 15) is 9.18 Å². The predicted molar refractivity (Wildman–Crippen MR) is 116 cm³/mol. The second-order valence-corrected chi connectivity index (χ2v) is 8.25. The third-order valence-corrected chi connectivity index (χ3v) is 6.39. The normalized spacial score (nSPS) is 20.7. The summed E-state index contributed by atoms with van der Waals surface area (Å²) >= 11 is 0. The quantitative estimate of drug-likeness (QED) is 0.651. The maximum atomic E-state index is 14.0. The zero-order chi connectivity index (χ0) is 21.4. The Morgan fingerprint density at radius 1 is 1.19 bits per heavy atom. The molecule has 2 unspecified atom stereocenters. The Balaban J connectivity index is 1.25. The number of carbonyl (C=O) groups is 1. The molecular formula is C25H25FN2O3. The highest BCUT2D eigenvalue weighted by molar-refractivity contribution is 5.93. The number of ether oxygens (including phenoxy) is 1. The number of halogens is 1.